The highest BCUT2D eigenvalue weighted by Gasteiger charge is 2.10. The van der Waals surface area contributed by atoms with Crippen molar-refractivity contribution in [3.05, 3.63) is 24.3 Å². The van der Waals surface area contributed by atoms with Gasteiger partial charge in [-0.3, -0.25) is 0 Å². The fourth-order valence-electron chi connectivity index (χ4n) is 5.12. The summed E-state index contributed by atoms with van der Waals surface area (Å²) in [6.07, 6.45) is 41.7. The molecule has 40 heavy (non-hydrogen) atoms. The minimum atomic E-state index is 0.198. The molecule has 1 atom stereocenters. The van der Waals surface area contributed by atoms with Gasteiger partial charge in [0.1, 0.15) is 0 Å². The lowest BCUT2D eigenvalue weighted by molar-refractivity contribution is -0.0287. The summed E-state index contributed by atoms with van der Waals surface area (Å²) in [5.74, 6) is 0. The van der Waals surface area contributed by atoms with Crippen molar-refractivity contribution in [3.63, 3.8) is 0 Å². The third-order valence-electron chi connectivity index (χ3n) is 7.68. The first-order chi connectivity index (χ1) is 19.7. The van der Waals surface area contributed by atoms with Crippen LogP contribution in [-0.4, -0.2) is 51.5 Å². The van der Waals surface area contributed by atoms with E-state index in [0.717, 1.165) is 26.4 Å². The summed E-state index contributed by atoms with van der Waals surface area (Å²) < 4.78 is 12.2. The molecule has 0 spiro atoms. The van der Waals surface area contributed by atoms with Crippen molar-refractivity contribution in [3.8, 4) is 0 Å². The highest BCUT2D eigenvalue weighted by Crippen LogP contribution is 2.11. The Kier molecular flexibility index (Phi) is 34.0. The van der Waals surface area contributed by atoms with Gasteiger partial charge in [0.05, 0.1) is 12.7 Å². The van der Waals surface area contributed by atoms with Crippen molar-refractivity contribution in [2.45, 2.75) is 174 Å². The van der Waals surface area contributed by atoms with Crippen LogP contribution in [0, 0.1) is 0 Å². The van der Waals surface area contributed by atoms with Crippen molar-refractivity contribution in [1.82, 2.24) is 4.90 Å². The fraction of sp³-hybridized carbons (Fsp3) is 0.892. The number of allylic oxidation sites excluding steroid dienone is 4. The summed E-state index contributed by atoms with van der Waals surface area (Å²) >= 11 is 0. The lowest BCUT2D eigenvalue weighted by Crippen LogP contribution is -2.32. The van der Waals surface area contributed by atoms with E-state index in [2.05, 4.69) is 57.1 Å². The first-order valence-corrected chi connectivity index (χ1v) is 17.8. The van der Waals surface area contributed by atoms with Crippen molar-refractivity contribution in [2.24, 2.45) is 0 Å². The van der Waals surface area contributed by atoms with Gasteiger partial charge in [0.15, 0.2) is 0 Å². The van der Waals surface area contributed by atoms with Gasteiger partial charge in [-0.25, -0.2) is 0 Å². The molecule has 0 amide bonds. The van der Waals surface area contributed by atoms with E-state index < -0.39 is 0 Å². The van der Waals surface area contributed by atoms with Crippen LogP contribution in [0.5, 0.6) is 0 Å². The second-order valence-corrected chi connectivity index (χ2v) is 12.3. The van der Waals surface area contributed by atoms with Crippen LogP contribution >= 0.6 is 0 Å². The number of unbranched alkanes of at least 4 members (excludes halogenated alkanes) is 20. The maximum atomic E-state index is 6.20. The van der Waals surface area contributed by atoms with E-state index in [-0.39, 0.29) is 6.10 Å². The van der Waals surface area contributed by atoms with Crippen LogP contribution in [-0.2, 0) is 9.47 Å². The number of nitrogens with zero attached hydrogens (tertiary/aromatic N) is 1. The molecule has 0 aliphatic rings. The normalized spacial score (nSPS) is 12.9. The quantitative estimate of drug-likeness (QED) is 0.0585. The van der Waals surface area contributed by atoms with E-state index in [1.807, 2.05) is 0 Å². The molecule has 0 aliphatic carbocycles. The minimum Gasteiger partial charge on any atom is -0.379 e. The van der Waals surface area contributed by atoms with Gasteiger partial charge in [-0.05, 0) is 78.3 Å². The standard InChI is InChI=1S/C37H73NO2/c1-5-7-9-11-13-15-17-19-21-23-25-27-29-31-33-39-36-37(35-38(3)4)40-34-32-30-28-26-24-22-20-18-16-14-12-10-8-6-2/h15-18,37H,5-14,19-36H2,1-4H3. The summed E-state index contributed by atoms with van der Waals surface area (Å²) in [7, 11) is 4.25. The maximum Gasteiger partial charge on any atom is 0.0934 e. The van der Waals surface area contributed by atoms with Crippen molar-refractivity contribution >= 4 is 0 Å². The fourth-order valence-corrected chi connectivity index (χ4v) is 5.12. The highest BCUT2D eigenvalue weighted by molar-refractivity contribution is 4.82. The highest BCUT2D eigenvalue weighted by atomic mass is 16.5. The molecule has 0 aromatic rings. The van der Waals surface area contributed by atoms with Crippen LogP contribution in [0.3, 0.4) is 0 Å². The van der Waals surface area contributed by atoms with Crippen LogP contribution in [0.2, 0.25) is 0 Å². The molecule has 0 N–H and O–H groups in total. The number of likely N-dealkylation sites (N-methyl/N-ethyl adjacent to an activating group) is 1. The van der Waals surface area contributed by atoms with Gasteiger partial charge in [-0.2, -0.15) is 0 Å². The van der Waals surface area contributed by atoms with Gasteiger partial charge in [-0.15, -0.1) is 0 Å². The van der Waals surface area contributed by atoms with Crippen LogP contribution in [0.15, 0.2) is 24.3 Å². The molecule has 0 radical (unpaired) electrons. The Morgan fingerprint density at radius 3 is 1.27 bits per heavy atom. The molecular weight excluding hydrogens is 490 g/mol. The average molecular weight is 564 g/mol. The number of hydrogen-bond acceptors (Lipinski definition) is 3. The van der Waals surface area contributed by atoms with Crippen molar-refractivity contribution < 1.29 is 9.47 Å². The third-order valence-corrected chi connectivity index (χ3v) is 7.68. The summed E-state index contributed by atoms with van der Waals surface area (Å²) in [4.78, 5) is 2.22. The predicted molar refractivity (Wildman–Crippen MR) is 180 cm³/mol. The molecule has 0 saturated heterocycles. The smallest absolute Gasteiger partial charge is 0.0934 e. The minimum absolute atomic E-state index is 0.198. The van der Waals surface area contributed by atoms with Gasteiger partial charge in [0.2, 0.25) is 0 Å². The summed E-state index contributed by atoms with van der Waals surface area (Å²) in [5.41, 5.74) is 0. The zero-order valence-corrected chi connectivity index (χ0v) is 27.9. The molecule has 0 fully saturated rings. The Balaban J connectivity index is 3.54. The van der Waals surface area contributed by atoms with Crippen molar-refractivity contribution in [1.29, 1.82) is 0 Å². The molecule has 0 rings (SSSR count). The molecule has 0 aromatic heterocycles. The van der Waals surface area contributed by atoms with Gasteiger partial charge < -0.3 is 14.4 Å². The molecule has 0 saturated carbocycles. The van der Waals surface area contributed by atoms with E-state index in [4.69, 9.17) is 9.47 Å². The second-order valence-electron chi connectivity index (χ2n) is 12.3. The van der Waals surface area contributed by atoms with E-state index in [1.165, 1.54) is 154 Å². The molecule has 0 heterocycles. The zero-order valence-electron chi connectivity index (χ0n) is 27.9. The third kappa shape index (κ3) is 33.6. The van der Waals surface area contributed by atoms with Crippen molar-refractivity contribution in [2.75, 3.05) is 40.5 Å². The maximum absolute atomic E-state index is 6.20. The Hall–Kier alpha value is -0.640. The predicted octanol–water partition coefficient (Wildman–Crippen LogP) is 11.5. The van der Waals surface area contributed by atoms with Crippen LogP contribution < -0.4 is 0 Å². The SMILES string of the molecule is CCCCCCC=CCCCCCCCCOCC(CN(C)C)OCCCCCCCCC=CCCCCCC. The number of ether oxygens (including phenoxy) is 2. The molecular formula is C37H73NO2. The van der Waals surface area contributed by atoms with E-state index in [1.54, 1.807) is 0 Å². The second kappa shape index (κ2) is 34.6. The summed E-state index contributed by atoms with van der Waals surface area (Å²) in [6.45, 7) is 7.98. The van der Waals surface area contributed by atoms with Crippen LogP contribution in [0.25, 0.3) is 0 Å². The Bertz CT molecular complexity index is 516. The topological polar surface area (TPSA) is 21.7 Å². The first kappa shape index (κ1) is 39.4. The van der Waals surface area contributed by atoms with Crippen LogP contribution in [0.4, 0.5) is 0 Å². The largest absolute Gasteiger partial charge is 0.379 e. The molecule has 3 nitrogen and oxygen atoms in total. The Morgan fingerprint density at radius 1 is 0.475 bits per heavy atom. The molecule has 0 bridgehead atoms. The Labute approximate surface area is 252 Å². The number of rotatable bonds is 33. The van der Waals surface area contributed by atoms with Gasteiger partial charge in [-0.1, -0.05) is 128 Å². The van der Waals surface area contributed by atoms with Gasteiger partial charge in [0, 0.05) is 19.8 Å². The first-order valence-electron chi connectivity index (χ1n) is 17.8. The molecule has 0 aromatic carbocycles. The van der Waals surface area contributed by atoms with E-state index in [0.29, 0.717) is 0 Å². The average Bonchev–Trinajstić information content (AvgIpc) is 2.94. The van der Waals surface area contributed by atoms with Gasteiger partial charge in [0.25, 0.3) is 0 Å². The number of hydrogen-bond donors (Lipinski definition) is 0. The summed E-state index contributed by atoms with van der Waals surface area (Å²) in [6, 6.07) is 0. The van der Waals surface area contributed by atoms with E-state index >= 15 is 0 Å². The molecule has 0 aliphatic heterocycles. The van der Waals surface area contributed by atoms with Crippen LogP contribution in [0.1, 0.15) is 168 Å². The van der Waals surface area contributed by atoms with Gasteiger partial charge >= 0.3 is 0 Å². The lowest BCUT2D eigenvalue weighted by Gasteiger charge is -2.21. The van der Waals surface area contributed by atoms with E-state index in [9.17, 15) is 0 Å². The summed E-state index contributed by atoms with van der Waals surface area (Å²) in [5, 5.41) is 0. The molecule has 3 heteroatoms. The lowest BCUT2D eigenvalue weighted by atomic mass is 10.1. The monoisotopic (exact) mass is 564 g/mol. The molecule has 1 unspecified atom stereocenters. The Morgan fingerprint density at radius 2 is 0.850 bits per heavy atom. The zero-order chi connectivity index (χ0) is 29.2. The molecule has 238 valence electrons.